The Morgan fingerprint density at radius 3 is 3.11 bits per heavy atom. The first kappa shape index (κ1) is 11.6. The molecule has 1 N–H and O–H groups in total. The minimum Gasteiger partial charge on any atom is -0.314 e. The molecule has 94 valence electrons. The maximum absolute atomic E-state index is 4.42. The van der Waals surface area contributed by atoms with Crippen molar-refractivity contribution in [3.8, 4) is 0 Å². The molecule has 2 heterocycles. The Labute approximate surface area is 108 Å². The molecule has 1 aliphatic rings. The van der Waals surface area contributed by atoms with Gasteiger partial charge in [0.2, 0.25) is 0 Å². The van der Waals surface area contributed by atoms with Crippen molar-refractivity contribution in [1.29, 1.82) is 0 Å². The molecule has 1 saturated heterocycles. The summed E-state index contributed by atoms with van der Waals surface area (Å²) in [6.07, 6.45) is 3.01. The summed E-state index contributed by atoms with van der Waals surface area (Å²) in [6, 6.07) is 11.1. The van der Waals surface area contributed by atoms with Gasteiger partial charge in [0.05, 0.1) is 5.52 Å². The van der Waals surface area contributed by atoms with E-state index in [4.69, 9.17) is 0 Å². The van der Waals surface area contributed by atoms with Gasteiger partial charge in [0.15, 0.2) is 0 Å². The zero-order chi connectivity index (χ0) is 12.4. The zero-order valence-corrected chi connectivity index (χ0v) is 10.8. The molecule has 1 atom stereocenters. The number of hydrogen-bond donors (Lipinski definition) is 1. The lowest BCUT2D eigenvalue weighted by Crippen LogP contribution is -2.50. The summed E-state index contributed by atoms with van der Waals surface area (Å²) >= 11 is 0. The number of nitrogens with zero attached hydrogens (tertiary/aromatic N) is 2. The molecule has 0 bridgehead atoms. The van der Waals surface area contributed by atoms with Crippen molar-refractivity contribution in [3.63, 3.8) is 0 Å². The van der Waals surface area contributed by atoms with Crippen molar-refractivity contribution in [3.05, 3.63) is 42.1 Å². The summed E-state index contributed by atoms with van der Waals surface area (Å²) < 4.78 is 0. The third-order valence-electron chi connectivity index (χ3n) is 3.84. The van der Waals surface area contributed by atoms with Crippen LogP contribution in [-0.2, 0) is 6.42 Å². The minimum atomic E-state index is 0.588. The maximum Gasteiger partial charge on any atom is 0.0704 e. The lowest BCUT2D eigenvalue weighted by Gasteiger charge is -2.33. The van der Waals surface area contributed by atoms with Gasteiger partial charge in [-0.15, -0.1) is 0 Å². The number of aromatic nitrogens is 1. The first-order valence-corrected chi connectivity index (χ1v) is 6.58. The average Bonchev–Trinajstić information content (AvgIpc) is 2.42. The summed E-state index contributed by atoms with van der Waals surface area (Å²) in [7, 11) is 2.22. The minimum absolute atomic E-state index is 0.588. The number of pyridine rings is 1. The lowest BCUT2D eigenvalue weighted by molar-refractivity contribution is 0.199. The van der Waals surface area contributed by atoms with Crippen LogP contribution in [0.3, 0.4) is 0 Å². The molecule has 3 rings (SSSR count). The first-order chi connectivity index (χ1) is 8.84. The van der Waals surface area contributed by atoms with Crippen LogP contribution < -0.4 is 5.32 Å². The van der Waals surface area contributed by atoms with Crippen LogP contribution in [0.4, 0.5) is 0 Å². The average molecular weight is 241 g/mol. The monoisotopic (exact) mass is 241 g/mol. The smallest absolute Gasteiger partial charge is 0.0704 e. The van der Waals surface area contributed by atoms with E-state index < -0.39 is 0 Å². The SMILES string of the molecule is CN1CCNCC1Cc1ccnc2ccccc12. The number of hydrogen-bond acceptors (Lipinski definition) is 3. The Kier molecular flexibility index (Phi) is 3.26. The third-order valence-corrected chi connectivity index (χ3v) is 3.84. The summed E-state index contributed by atoms with van der Waals surface area (Å²) in [6.45, 7) is 3.31. The molecule has 1 aromatic carbocycles. The Morgan fingerprint density at radius 1 is 1.33 bits per heavy atom. The van der Waals surface area contributed by atoms with Crippen LogP contribution >= 0.6 is 0 Å². The van der Waals surface area contributed by atoms with Crippen molar-refractivity contribution in [1.82, 2.24) is 15.2 Å². The molecule has 1 fully saturated rings. The zero-order valence-electron chi connectivity index (χ0n) is 10.8. The predicted molar refractivity (Wildman–Crippen MR) is 74.7 cm³/mol. The van der Waals surface area contributed by atoms with E-state index in [0.717, 1.165) is 31.6 Å². The summed E-state index contributed by atoms with van der Waals surface area (Å²) in [5, 5.41) is 4.77. The van der Waals surface area contributed by atoms with Crippen molar-refractivity contribution in [2.24, 2.45) is 0 Å². The van der Waals surface area contributed by atoms with Gasteiger partial charge in [-0.25, -0.2) is 0 Å². The van der Waals surface area contributed by atoms with Gasteiger partial charge in [-0.05, 0) is 31.2 Å². The molecule has 0 aliphatic carbocycles. The normalized spacial score (nSPS) is 21.3. The second kappa shape index (κ2) is 5.04. The van der Waals surface area contributed by atoms with Crippen LogP contribution in [-0.4, -0.2) is 42.6 Å². The van der Waals surface area contributed by atoms with Crippen molar-refractivity contribution >= 4 is 10.9 Å². The second-order valence-electron chi connectivity index (χ2n) is 5.03. The highest BCUT2D eigenvalue weighted by atomic mass is 15.2. The highest BCUT2D eigenvalue weighted by Crippen LogP contribution is 2.19. The van der Waals surface area contributed by atoms with Crippen LogP contribution in [0.2, 0.25) is 0 Å². The predicted octanol–water partition coefficient (Wildman–Crippen LogP) is 1.68. The number of rotatable bonds is 2. The van der Waals surface area contributed by atoms with Crippen LogP contribution in [0.5, 0.6) is 0 Å². The van der Waals surface area contributed by atoms with Crippen molar-refractivity contribution < 1.29 is 0 Å². The fourth-order valence-electron chi connectivity index (χ4n) is 2.68. The second-order valence-corrected chi connectivity index (χ2v) is 5.03. The van der Waals surface area contributed by atoms with Crippen LogP contribution in [0.15, 0.2) is 36.5 Å². The number of fused-ring (bicyclic) bond motifs is 1. The van der Waals surface area contributed by atoms with E-state index in [1.807, 2.05) is 12.3 Å². The molecule has 0 radical (unpaired) electrons. The van der Waals surface area contributed by atoms with Gasteiger partial charge in [-0.1, -0.05) is 18.2 Å². The molecule has 0 amide bonds. The molecule has 1 aliphatic heterocycles. The fraction of sp³-hybridized carbons (Fsp3) is 0.400. The molecular formula is C15H19N3. The summed E-state index contributed by atoms with van der Waals surface area (Å²) in [5.41, 5.74) is 2.50. The standard InChI is InChI=1S/C15H19N3/c1-18-9-8-16-11-13(18)10-12-6-7-17-15-5-3-2-4-14(12)15/h2-7,13,16H,8-11H2,1H3. The molecule has 0 saturated carbocycles. The topological polar surface area (TPSA) is 28.2 Å². The van der Waals surface area contributed by atoms with E-state index >= 15 is 0 Å². The molecule has 18 heavy (non-hydrogen) atoms. The quantitative estimate of drug-likeness (QED) is 0.867. The van der Waals surface area contributed by atoms with E-state index in [1.54, 1.807) is 0 Å². The number of nitrogens with one attached hydrogen (secondary N) is 1. The van der Waals surface area contributed by atoms with Gasteiger partial charge in [-0.2, -0.15) is 0 Å². The van der Waals surface area contributed by atoms with E-state index in [9.17, 15) is 0 Å². The number of piperazine rings is 1. The Bertz CT molecular complexity index is 533. The maximum atomic E-state index is 4.42. The van der Waals surface area contributed by atoms with E-state index in [1.165, 1.54) is 10.9 Å². The van der Waals surface area contributed by atoms with E-state index in [2.05, 4.69) is 46.5 Å². The van der Waals surface area contributed by atoms with Gasteiger partial charge in [0, 0.05) is 37.3 Å². The summed E-state index contributed by atoms with van der Waals surface area (Å²) in [4.78, 5) is 6.87. The molecule has 1 unspecified atom stereocenters. The fourth-order valence-corrected chi connectivity index (χ4v) is 2.68. The molecule has 2 aromatic rings. The number of likely N-dealkylation sites (N-methyl/N-ethyl adjacent to an activating group) is 1. The van der Waals surface area contributed by atoms with Gasteiger partial charge in [0.1, 0.15) is 0 Å². The lowest BCUT2D eigenvalue weighted by atomic mass is 10.00. The van der Waals surface area contributed by atoms with Crippen LogP contribution in [0.25, 0.3) is 10.9 Å². The van der Waals surface area contributed by atoms with Gasteiger partial charge < -0.3 is 10.2 Å². The third kappa shape index (κ3) is 2.24. The van der Waals surface area contributed by atoms with Crippen LogP contribution in [0.1, 0.15) is 5.56 Å². The van der Waals surface area contributed by atoms with Gasteiger partial charge in [-0.3, -0.25) is 4.98 Å². The largest absolute Gasteiger partial charge is 0.314 e. The van der Waals surface area contributed by atoms with E-state index in [0.29, 0.717) is 6.04 Å². The highest BCUT2D eigenvalue weighted by molar-refractivity contribution is 5.81. The molecule has 1 aromatic heterocycles. The summed E-state index contributed by atoms with van der Waals surface area (Å²) in [5.74, 6) is 0. The van der Waals surface area contributed by atoms with Crippen molar-refractivity contribution in [2.75, 3.05) is 26.7 Å². The van der Waals surface area contributed by atoms with Gasteiger partial charge >= 0.3 is 0 Å². The molecule has 3 nitrogen and oxygen atoms in total. The Morgan fingerprint density at radius 2 is 2.22 bits per heavy atom. The van der Waals surface area contributed by atoms with Crippen molar-refractivity contribution in [2.45, 2.75) is 12.5 Å². The number of para-hydroxylation sites is 1. The molecule has 3 heteroatoms. The van der Waals surface area contributed by atoms with Gasteiger partial charge in [0.25, 0.3) is 0 Å². The molecular weight excluding hydrogens is 222 g/mol. The highest BCUT2D eigenvalue weighted by Gasteiger charge is 2.19. The Balaban J connectivity index is 1.90. The molecule has 0 spiro atoms. The Hall–Kier alpha value is -1.45. The van der Waals surface area contributed by atoms with Crippen LogP contribution in [0, 0.1) is 0 Å². The number of benzene rings is 1. The first-order valence-electron chi connectivity index (χ1n) is 6.58. The van der Waals surface area contributed by atoms with E-state index in [-0.39, 0.29) is 0 Å².